The first-order chi connectivity index (χ1) is 12.4. The number of nitrogens with one attached hydrogen (secondary N) is 1. The maximum atomic E-state index is 12.2. The average molecular weight is 362 g/mol. The quantitative estimate of drug-likeness (QED) is 0.509. The number of allylic oxidation sites excluding steroid dienone is 1. The van der Waals surface area contributed by atoms with Crippen molar-refractivity contribution in [3.63, 3.8) is 0 Å². The summed E-state index contributed by atoms with van der Waals surface area (Å²) in [5.41, 5.74) is 1.20. The summed E-state index contributed by atoms with van der Waals surface area (Å²) in [5.74, 6) is -1.08. The number of rotatable bonds is 9. The third-order valence-electron chi connectivity index (χ3n) is 3.69. The van der Waals surface area contributed by atoms with E-state index in [-0.39, 0.29) is 5.91 Å². The van der Waals surface area contributed by atoms with E-state index in [1.165, 1.54) is 7.11 Å². The molecule has 1 atom stereocenters. The van der Waals surface area contributed by atoms with E-state index in [9.17, 15) is 14.4 Å². The molecule has 142 valence electrons. The fraction of sp³-hybridized carbons (Fsp3) is 0.421. The molecule has 0 radical (unpaired) electrons. The van der Waals surface area contributed by atoms with Crippen LogP contribution in [0, 0.1) is 0 Å². The zero-order valence-corrected chi connectivity index (χ0v) is 15.4. The Morgan fingerprint density at radius 2 is 2.04 bits per heavy atom. The lowest BCUT2D eigenvalue weighted by Gasteiger charge is -2.13. The van der Waals surface area contributed by atoms with Crippen LogP contribution in [-0.2, 0) is 14.3 Å². The van der Waals surface area contributed by atoms with Gasteiger partial charge in [-0.25, -0.2) is 4.79 Å². The van der Waals surface area contributed by atoms with E-state index >= 15 is 0 Å². The zero-order valence-electron chi connectivity index (χ0n) is 15.4. The van der Waals surface area contributed by atoms with Gasteiger partial charge in [-0.05, 0) is 30.5 Å². The molecule has 0 fully saturated rings. The SMILES string of the molecule is COC(=O)C(CO)NC(=O)c1cccc(C=CCCCC(=O)N(C)C)c1. The molecule has 0 heterocycles. The minimum atomic E-state index is -1.10. The minimum absolute atomic E-state index is 0.0983. The van der Waals surface area contributed by atoms with Crippen molar-refractivity contribution in [2.24, 2.45) is 0 Å². The normalized spacial score (nSPS) is 11.8. The molecule has 0 bridgehead atoms. The second-order valence-electron chi connectivity index (χ2n) is 5.94. The van der Waals surface area contributed by atoms with Gasteiger partial charge in [0.1, 0.15) is 0 Å². The van der Waals surface area contributed by atoms with Crippen LogP contribution in [0.15, 0.2) is 30.3 Å². The molecule has 0 spiro atoms. The Bertz CT molecular complexity index is 655. The Balaban J connectivity index is 2.61. The van der Waals surface area contributed by atoms with Gasteiger partial charge in [0.2, 0.25) is 5.91 Å². The molecule has 0 aliphatic carbocycles. The molecular formula is C19H26N2O5. The Hall–Kier alpha value is -2.67. The summed E-state index contributed by atoms with van der Waals surface area (Å²) in [4.78, 5) is 36.7. The summed E-state index contributed by atoms with van der Waals surface area (Å²) in [6.07, 6.45) is 5.83. The van der Waals surface area contributed by atoms with Gasteiger partial charge < -0.3 is 20.1 Å². The van der Waals surface area contributed by atoms with Crippen molar-refractivity contribution in [1.82, 2.24) is 10.2 Å². The number of esters is 1. The first kappa shape index (κ1) is 21.4. The van der Waals surface area contributed by atoms with Crippen LogP contribution >= 0.6 is 0 Å². The van der Waals surface area contributed by atoms with Gasteiger partial charge in [0.25, 0.3) is 5.91 Å². The molecule has 1 aromatic rings. The van der Waals surface area contributed by atoms with Crippen LogP contribution in [0.3, 0.4) is 0 Å². The number of methoxy groups -OCH3 is 1. The molecule has 7 nitrogen and oxygen atoms in total. The molecule has 0 aliphatic heterocycles. The number of carbonyl (C=O) groups excluding carboxylic acids is 3. The molecule has 0 saturated heterocycles. The topological polar surface area (TPSA) is 95.9 Å². The molecule has 26 heavy (non-hydrogen) atoms. The van der Waals surface area contributed by atoms with Crippen molar-refractivity contribution < 1.29 is 24.2 Å². The maximum Gasteiger partial charge on any atom is 0.330 e. The van der Waals surface area contributed by atoms with Gasteiger partial charge in [-0.15, -0.1) is 0 Å². The van der Waals surface area contributed by atoms with Crippen molar-refractivity contribution >= 4 is 23.9 Å². The lowest BCUT2D eigenvalue weighted by Crippen LogP contribution is -2.44. The van der Waals surface area contributed by atoms with Crippen molar-refractivity contribution in [3.05, 3.63) is 41.5 Å². The fourth-order valence-corrected chi connectivity index (χ4v) is 2.16. The number of benzene rings is 1. The minimum Gasteiger partial charge on any atom is -0.467 e. The highest BCUT2D eigenvalue weighted by Gasteiger charge is 2.21. The molecule has 2 N–H and O–H groups in total. The van der Waals surface area contributed by atoms with Crippen molar-refractivity contribution in [2.75, 3.05) is 27.8 Å². The van der Waals surface area contributed by atoms with Gasteiger partial charge in [0.15, 0.2) is 6.04 Å². The van der Waals surface area contributed by atoms with Crippen LogP contribution in [-0.4, -0.2) is 61.6 Å². The average Bonchev–Trinajstić information content (AvgIpc) is 2.64. The Morgan fingerprint density at radius 1 is 1.31 bits per heavy atom. The van der Waals surface area contributed by atoms with E-state index in [1.54, 1.807) is 37.2 Å². The molecular weight excluding hydrogens is 336 g/mol. The lowest BCUT2D eigenvalue weighted by molar-refractivity contribution is -0.143. The number of aliphatic hydroxyl groups excluding tert-OH is 1. The molecule has 2 amide bonds. The highest BCUT2D eigenvalue weighted by Crippen LogP contribution is 2.09. The van der Waals surface area contributed by atoms with E-state index in [0.717, 1.165) is 18.4 Å². The molecule has 1 rings (SSSR count). The number of hydrogen-bond donors (Lipinski definition) is 2. The number of amides is 2. The number of aliphatic hydroxyl groups is 1. The number of ether oxygens (including phenoxy) is 1. The third kappa shape index (κ3) is 7.06. The van der Waals surface area contributed by atoms with Crippen LogP contribution in [0.1, 0.15) is 35.2 Å². The molecule has 0 aromatic heterocycles. The zero-order chi connectivity index (χ0) is 19.5. The summed E-state index contributed by atoms with van der Waals surface area (Å²) < 4.78 is 4.52. The second-order valence-corrected chi connectivity index (χ2v) is 5.94. The van der Waals surface area contributed by atoms with Gasteiger partial charge in [-0.2, -0.15) is 0 Å². The summed E-state index contributed by atoms with van der Waals surface area (Å²) in [5, 5.41) is 11.6. The van der Waals surface area contributed by atoms with Crippen LogP contribution in [0.4, 0.5) is 0 Å². The lowest BCUT2D eigenvalue weighted by atomic mass is 10.1. The second kappa shape index (κ2) is 11.0. The van der Waals surface area contributed by atoms with Gasteiger partial charge in [-0.1, -0.05) is 24.3 Å². The number of unbranched alkanes of at least 4 members (excludes halogenated alkanes) is 1. The van der Waals surface area contributed by atoms with E-state index in [4.69, 9.17) is 5.11 Å². The van der Waals surface area contributed by atoms with Crippen molar-refractivity contribution in [3.8, 4) is 0 Å². The largest absolute Gasteiger partial charge is 0.467 e. The number of carbonyl (C=O) groups is 3. The molecule has 0 aliphatic rings. The number of hydrogen-bond acceptors (Lipinski definition) is 5. The Morgan fingerprint density at radius 3 is 2.65 bits per heavy atom. The van der Waals surface area contributed by atoms with E-state index in [2.05, 4.69) is 10.1 Å². The van der Waals surface area contributed by atoms with Crippen LogP contribution in [0.5, 0.6) is 0 Å². The monoisotopic (exact) mass is 362 g/mol. The summed E-state index contributed by atoms with van der Waals surface area (Å²) in [6, 6.07) is 5.79. The van der Waals surface area contributed by atoms with Gasteiger partial charge >= 0.3 is 5.97 Å². The smallest absolute Gasteiger partial charge is 0.330 e. The highest BCUT2D eigenvalue weighted by molar-refractivity contribution is 5.97. The molecule has 1 aromatic carbocycles. The standard InChI is InChI=1S/C19H26N2O5/c1-21(2)17(23)11-6-4-5-8-14-9-7-10-15(12-14)18(24)20-16(13-22)19(25)26-3/h5,7-10,12,16,22H,4,6,11,13H2,1-3H3,(H,20,24). The van der Waals surface area contributed by atoms with Crippen LogP contribution < -0.4 is 5.32 Å². The van der Waals surface area contributed by atoms with Crippen LogP contribution in [0.25, 0.3) is 6.08 Å². The maximum absolute atomic E-state index is 12.2. The van der Waals surface area contributed by atoms with Gasteiger partial charge in [0.05, 0.1) is 13.7 Å². The molecule has 7 heteroatoms. The highest BCUT2D eigenvalue weighted by atomic mass is 16.5. The first-order valence-corrected chi connectivity index (χ1v) is 8.35. The van der Waals surface area contributed by atoms with Crippen molar-refractivity contribution in [2.45, 2.75) is 25.3 Å². The fourth-order valence-electron chi connectivity index (χ4n) is 2.16. The summed E-state index contributed by atoms with van der Waals surface area (Å²) in [6.45, 7) is -0.538. The molecule has 0 saturated carbocycles. The van der Waals surface area contributed by atoms with E-state index < -0.39 is 24.5 Å². The molecule has 1 unspecified atom stereocenters. The van der Waals surface area contributed by atoms with E-state index in [0.29, 0.717) is 12.0 Å². The summed E-state index contributed by atoms with van der Waals surface area (Å²) in [7, 11) is 4.65. The predicted molar refractivity (Wildman–Crippen MR) is 98.4 cm³/mol. The Labute approximate surface area is 153 Å². The summed E-state index contributed by atoms with van der Waals surface area (Å²) >= 11 is 0. The van der Waals surface area contributed by atoms with Gasteiger partial charge in [0, 0.05) is 26.1 Å². The number of nitrogens with zero attached hydrogens (tertiary/aromatic N) is 1. The van der Waals surface area contributed by atoms with Gasteiger partial charge in [-0.3, -0.25) is 9.59 Å². The van der Waals surface area contributed by atoms with Crippen LogP contribution in [0.2, 0.25) is 0 Å². The van der Waals surface area contributed by atoms with E-state index in [1.807, 2.05) is 18.2 Å². The Kier molecular flexibility index (Phi) is 9.08. The van der Waals surface area contributed by atoms with Crippen molar-refractivity contribution in [1.29, 1.82) is 0 Å². The first-order valence-electron chi connectivity index (χ1n) is 8.35. The predicted octanol–water partition coefficient (Wildman–Crippen LogP) is 1.22. The third-order valence-corrected chi connectivity index (χ3v) is 3.69.